The van der Waals surface area contributed by atoms with Crippen LogP contribution in [0.4, 0.5) is 20.2 Å². The number of pyridine rings is 4. The largest absolute Gasteiger partial charge is 0.481 e. The highest BCUT2D eigenvalue weighted by molar-refractivity contribution is 5.93. The van der Waals surface area contributed by atoms with Gasteiger partial charge in [0.15, 0.2) is 0 Å². The monoisotopic (exact) mass is 861 g/mol. The first-order valence-corrected chi connectivity index (χ1v) is 22.2. The molecule has 4 aromatic heterocycles. The normalized spacial score (nSPS) is 27.4. The van der Waals surface area contributed by atoms with Crippen molar-refractivity contribution in [2.45, 2.75) is 69.5 Å². The predicted molar refractivity (Wildman–Crippen MR) is 239 cm³/mol. The number of aliphatic hydroxyl groups excluding tert-OH is 1. The number of halogens is 2. The molecule has 9 rings (SSSR count). The molecule has 1 amide bonds. The first-order chi connectivity index (χ1) is 30.6. The van der Waals surface area contributed by atoms with Gasteiger partial charge in [-0.2, -0.15) is 0 Å². The van der Waals surface area contributed by atoms with Crippen molar-refractivity contribution < 1.29 is 28.2 Å². The molecule has 1 aromatic carbocycles. The highest BCUT2D eigenvalue weighted by Gasteiger charge is 2.57. The first kappa shape index (κ1) is 42.8. The lowest BCUT2D eigenvalue weighted by atomic mass is 9.57. The van der Waals surface area contributed by atoms with Gasteiger partial charge in [0.2, 0.25) is 17.7 Å². The molecule has 13 nitrogen and oxygen atoms in total. The fourth-order valence-electron chi connectivity index (χ4n) is 12.0. The van der Waals surface area contributed by atoms with Gasteiger partial charge in [-0.05, 0) is 112 Å². The van der Waals surface area contributed by atoms with Crippen LogP contribution in [-0.2, 0) is 4.79 Å². The van der Waals surface area contributed by atoms with Crippen molar-refractivity contribution in [2.75, 3.05) is 63.4 Å². The van der Waals surface area contributed by atoms with E-state index in [9.17, 15) is 18.7 Å². The SMILES string of the molecule is COc1ccc2nccc(N3CCC4CC(N(CC=Cc5cc(F)ccc5F)C5CCC6(CO)C(CCN(c7ccnc8ccc(OC)nc78)C6C(N)=O)C5)CCC4(CN)C3)c2n1. The summed E-state index contributed by atoms with van der Waals surface area (Å²) in [7, 11) is 3.18. The number of carbonyl (C=O) groups is 1. The minimum absolute atomic E-state index is 0.00452. The molecular weight excluding hydrogens is 805 g/mol. The number of ether oxygens (including phenoxy) is 2. The van der Waals surface area contributed by atoms with Crippen LogP contribution in [0.25, 0.3) is 28.1 Å². The van der Waals surface area contributed by atoms with Crippen LogP contribution in [0.3, 0.4) is 0 Å². The van der Waals surface area contributed by atoms with E-state index in [-0.39, 0.29) is 35.6 Å². The molecule has 5 aromatic rings. The van der Waals surface area contributed by atoms with Crippen molar-refractivity contribution in [2.24, 2.45) is 34.1 Å². The summed E-state index contributed by atoms with van der Waals surface area (Å²) in [5, 5.41) is 11.4. The number of fused-ring (bicyclic) bond motifs is 4. The number of rotatable bonds is 12. The molecule has 0 spiro atoms. The lowest BCUT2D eigenvalue weighted by Gasteiger charge is -2.59. The third-order valence-electron chi connectivity index (χ3n) is 15.2. The van der Waals surface area contributed by atoms with Crippen molar-refractivity contribution in [3.63, 3.8) is 0 Å². The van der Waals surface area contributed by atoms with Gasteiger partial charge in [0.1, 0.15) is 28.7 Å². The van der Waals surface area contributed by atoms with E-state index in [1.165, 1.54) is 6.07 Å². The van der Waals surface area contributed by atoms with Crippen molar-refractivity contribution in [1.29, 1.82) is 0 Å². The van der Waals surface area contributed by atoms with E-state index >= 15 is 0 Å². The molecule has 63 heavy (non-hydrogen) atoms. The van der Waals surface area contributed by atoms with E-state index in [4.69, 9.17) is 30.9 Å². The average Bonchev–Trinajstić information content (AvgIpc) is 3.32. The number of aliphatic hydroxyl groups is 1. The van der Waals surface area contributed by atoms with E-state index in [0.717, 1.165) is 92.6 Å². The Morgan fingerprint density at radius 2 is 1.52 bits per heavy atom. The van der Waals surface area contributed by atoms with Crippen molar-refractivity contribution >= 4 is 45.4 Å². The Morgan fingerprint density at radius 1 is 0.873 bits per heavy atom. The first-order valence-electron chi connectivity index (χ1n) is 22.2. The van der Waals surface area contributed by atoms with Gasteiger partial charge >= 0.3 is 0 Å². The minimum atomic E-state index is -0.786. The van der Waals surface area contributed by atoms with Crippen molar-refractivity contribution in [3.8, 4) is 11.8 Å². The number of amides is 1. The summed E-state index contributed by atoms with van der Waals surface area (Å²) in [5.74, 6) is -0.102. The van der Waals surface area contributed by atoms with E-state index in [1.54, 1.807) is 32.6 Å². The Hall–Kier alpha value is -5.51. The summed E-state index contributed by atoms with van der Waals surface area (Å²) in [6.07, 6.45) is 13.7. The number of primary amides is 1. The molecule has 6 heterocycles. The highest BCUT2D eigenvalue weighted by Crippen LogP contribution is 2.54. The van der Waals surface area contributed by atoms with Gasteiger partial charge < -0.3 is 35.8 Å². The van der Waals surface area contributed by atoms with Crippen LogP contribution in [0.5, 0.6) is 11.8 Å². The Bertz CT molecular complexity index is 2510. The summed E-state index contributed by atoms with van der Waals surface area (Å²) in [4.78, 5) is 39.3. The number of carbonyl (C=O) groups excluding carboxylic acids is 1. The summed E-state index contributed by atoms with van der Waals surface area (Å²) in [6, 6.07) is 14.3. The number of anilines is 2. The molecule has 5 N–H and O–H groups in total. The molecule has 2 saturated heterocycles. The van der Waals surface area contributed by atoms with Crippen LogP contribution in [0.15, 0.2) is 73.1 Å². The number of aromatic nitrogens is 4. The Balaban J connectivity index is 0.992. The third-order valence-corrected chi connectivity index (χ3v) is 15.2. The maximum absolute atomic E-state index is 14.9. The average molecular weight is 862 g/mol. The number of piperidine rings is 2. The zero-order valence-electron chi connectivity index (χ0n) is 36.0. The second-order valence-electron chi connectivity index (χ2n) is 18.1. The highest BCUT2D eigenvalue weighted by atomic mass is 19.1. The molecule has 0 bridgehead atoms. The van der Waals surface area contributed by atoms with Crippen LogP contribution in [0, 0.1) is 34.3 Å². The van der Waals surface area contributed by atoms with Crippen LogP contribution in [0.2, 0.25) is 0 Å². The fraction of sp³-hybridized carbons (Fsp3) is 0.479. The molecule has 7 atom stereocenters. The van der Waals surface area contributed by atoms with Crippen LogP contribution < -0.4 is 30.7 Å². The molecule has 2 aliphatic carbocycles. The van der Waals surface area contributed by atoms with E-state index in [1.807, 2.05) is 47.5 Å². The number of hydrogen-bond acceptors (Lipinski definition) is 12. The molecule has 2 saturated carbocycles. The minimum Gasteiger partial charge on any atom is -0.481 e. The zero-order chi connectivity index (χ0) is 43.9. The van der Waals surface area contributed by atoms with Gasteiger partial charge in [-0.1, -0.05) is 12.2 Å². The van der Waals surface area contributed by atoms with Gasteiger partial charge in [0.25, 0.3) is 0 Å². The fourth-order valence-corrected chi connectivity index (χ4v) is 12.0. The maximum atomic E-state index is 14.9. The van der Waals surface area contributed by atoms with Crippen LogP contribution >= 0.6 is 0 Å². The molecule has 0 radical (unpaired) electrons. The van der Waals surface area contributed by atoms with Crippen LogP contribution in [-0.4, -0.2) is 108 Å². The molecule has 15 heteroatoms. The summed E-state index contributed by atoms with van der Waals surface area (Å²) < 4.78 is 40.0. The topological polar surface area (TPSA) is 169 Å². The Morgan fingerprint density at radius 3 is 2.19 bits per heavy atom. The number of hydrogen-bond donors (Lipinski definition) is 3. The summed E-state index contributed by atoms with van der Waals surface area (Å²) in [6.45, 7) is 3.10. The lowest BCUT2D eigenvalue weighted by molar-refractivity contribution is -0.130. The van der Waals surface area contributed by atoms with E-state index < -0.39 is 29.0 Å². The van der Waals surface area contributed by atoms with E-state index in [2.05, 4.69) is 19.8 Å². The van der Waals surface area contributed by atoms with Gasteiger partial charge in [0.05, 0.1) is 43.2 Å². The molecule has 332 valence electrons. The van der Waals surface area contributed by atoms with E-state index in [0.29, 0.717) is 54.8 Å². The van der Waals surface area contributed by atoms with Crippen LogP contribution in [0.1, 0.15) is 56.9 Å². The molecular formula is C48H57F2N9O4. The van der Waals surface area contributed by atoms with Gasteiger partial charge in [0, 0.05) is 79.2 Å². The summed E-state index contributed by atoms with van der Waals surface area (Å²) >= 11 is 0. The Kier molecular flexibility index (Phi) is 11.9. The third kappa shape index (κ3) is 7.82. The zero-order valence-corrected chi connectivity index (χ0v) is 36.0. The lowest BCUT2D eigenvalue weighted by Crippen LogP contribution is -2.66. The van der Waals surface area contributed by atoms with Gasteiger partial charge in [-0.3, -0.25) is 19.7 Å². The standard InChI is InChI=1S/C48H57F2N9O4/c1-62-41-9-7-37-43(55-41)39(13-19-53-37)57-22-15-31-25-34(11-17-47(31,27-51)28-57)58(21-3-4-30-24-33(49)5-6-36(30)50)35-12-18-48(29-60)32(26-35)16-23-59(45(48)46(52)61)40-14-20-54-38-8-10-42(63-2)56-44(38)40/h3-10,13-14,19-20,24,31-32,34-35,45,60H,11-12,15-18,21-23,25-29,51H2,1-2H3,(H2,52,61). The van der Waals surface area contributed by atoms with Gasteiger partial charge in [-0.15, -0.1) is 0 Å². The quantitative estimate of drug-likeness (QED) is 0.132. The van der Waals surface area contributed by atoms with Crippen molar-refractivity contribution in [3.05, 3.63) is 90.3 Å². The molecule has 7 unspecified atom stereocenters. The second kappa shape index (κ2) is 17.6. The number of nitrogens with zero attached hydrogens (tertiary/aromatic N) is 7. The smallest absolute Gasteiger partial charge is 0.240 e. The van der Waals surface area contributed by atoms with Crippen molar-refractivity contribution in [1.82, 2.24) is 24.8 Å². The Labute approximate surface area is 366 Å². The second-order valence-corrected chi connectivity index (χ2v) is 18.1. The number of methoxy groups -OCH3 is 2. The van der Waals surface area contributed by atoms with Gasteiger partial charge in [-0.25, -0.2) is 18.7 Å². The maximum Gasteiger partial charge on any atom is 0.240 e. The number of benzene rings is 1. The molecule has 2 aliphatic heterocycles. The predicted octanol–water partition coefficient (Wildman–Crippen LogP) is 6.12. The number of nitrogens with two attached hydrogens (primary N) is 2. The molecule has 4 fully saturated rings. The summed E-state index contributed by atoms with van der Waals surface area (Å²) in [5.41, 5.74) is 17.1. The molecule has 4 aliphatic rings.